The number of aliphatic hydroxyl groups excluding tert-OH is 2. The van der Waals surface area contributed by atoms with Gasteiger partial charge in [-0.3, -0.25) is 18.7 Å². The standard InChI is InChI=1S/C21H20N4O6/c1-12-14(18(28)24(7-9-26)20(30)16(12)11-22)5-4-6-15-13(2)17(23-3)21(31)25(8-10-27)19(15)29/h5-6,26-28,31H,7-10H2,1-2H3. The predicted molar refractivity (Wildman–Crippen MR) is 112 cm³/mol. The van der Waals surface area contributed by atoms with Gasteiger partial charge < -0.3 is 20.4 Å². The first kappa shape index (κ1) is 23.2. The van der Waals surface area contributed by atoms with Crippen molar-refractivity contribution < 1.29 is 20.4 Å². The number of hydrogen-bond donors (Lipinski definition) is 4. The molecule has 0 unspecified atom stereocenters. The Balaban J connectivity index is 2.77. The molecule has 10 nitrogen and oxygen atoms in total. The number of nitriles is 1. The Bertz CT molecular complexity index is 1300. The topological polar surface area (TPSA) is 153 Å². The van der Waals surface area contributed by atoms with Gasteiger partial charge in [-0.15, -0.1) is 5.73 Å². The molecule has 0 aliphatic carbocycles. The molecule has 0 bridgehead atoms. The second-order valence-electron chi connectivity index (χ2n) is 6.49. The molecule has 0 aromatic carbocycles. The molecule has 0 atom stereocenters. The highest BCUT2D eigenvalue weighted by Gasteiger charge is 2.18. The maximum Gasteiger partial charge on any atom is 0.271 e. The van der Waals surface area contributed by atoms with Crippen LogP contribution in [0.4, 0.5) is 5.69 Å². The third-order valence-corrected chi connectivity index (χ3v) is 4.76. The van der Waals surface area contributed by atoms with Gasteiger partial charge in [-0.05, 0) is 37.1 Å². The van der Waals surface area contributed by atoms with Crippen molar-refractivity contribution in [1.29, 1.82) is 5.26 Å². The fourth-order valence-electron chi connectivity index (χ4n) is 3.10. The molecule has 2 heterocycles. The van der Waals surface area contributed by atoms with Crippen molar-refractivity contribution in [2.75, 3.05) is 13.2 Å². The molecule has 0 amide bonds. The monoisotopic (exact) mass is 424 g/mol. The number of aromatic hydroxyl groups is 2. The summed E-state index contributed by atoms with van der Waals surface area (Å²) in [6.45, 7) is 8.89. The lowest BCUT2D eigenvalue weighted by Crippen LogP contribution is -2.26. The van der Waals surface area contributed by atoms with Crippen LogP contribution in [0.15, 0.2) is 15.3 Å². The van der Waals surface area contributed by atoms with Crippen LogP contribution in [0.2, 0.25) is 0 Å². The minimum absolute atomic E-state index is 0.0369. The van der Waals surface area contributed by atoms with Crippen molar-refractivity contribution >= 4 is 17.8 Å². The van der Waals surface area contributed by atoms with Crippen molar-refractivity contribution in [1.82, 2.24) is 9.13 Å². The normalized spacial score (nSPS) is 10.1. The summed E-state index contributed by atoms with van der Waals surface area (Å²) in [7, 11) is 0. The Morgan fingerprint density at radius 2 is 1.52 bits per heavy atom. The zero-order valence-corrected chi connectivity index (χ0v) is 16.9. The average molecular weight is 424 g/mol. The second-order valence-corrected chi connectivity index (χ2v) is 6.49. The van der Waals surface area contributed by atoms with Crippen LogP contribution in [0.1, 0.15) is 27.8 Å². The van der Waals surface area contributed by atoms with Crippen LogP contribution in [-0.2, 0) is 13.1 Å². The van der Waals surface area contributed by atoms with E-state index in [1.807, 2.05) is 0 Å². The van der Waals surface area contributed by atoms with Crippen LogP contribution in [-0.4, -0.2) is 42.8 Å². The maximum absolute atomic E-state index is 12.7. The van der Waals surface area contributed by atoms with Gasteiger partial charge in [-0.25, -0.2) is 4.85 Å². The molecular formula is C21H20N4O6. The third-order valence-electron chi connectivity index (χ3n) is 4.76. The first-order valence-electron chi connectivity index (χ1n) is 9.09. The summed E-state index contributed by atoms with van der Waals surface area (Å²) >= 11 is 0. The zero-order valence-electron chi connectivity index (χ0n) is 16.9. The molecule has 0 spiro atoms. The first-order valence-corrected chi connectivity index (χ1v) is 9.09. The lowest BCUT2D eigenvalue weighted by Gasteiger charge is -2.13. The minimum atomic E-state index is -0.740. The summed E-state index contributed by atoms with van der Waals surface area (Å²) in [4.78, 5) is 28.2. The SMILES string of the molecule is [C-]#[N+]c1c(C)c(C=C=Cc2c(C)c(C#N)c(=O)n(CCO)c2O)c(=O)n(CCO)c1O. The Hall–Kier alpha value is -4.08. The zero-order chi connectivity index (χ0) is 23.3. The Morgan fingerprint density at radius 1 is 0.968 bits per heavy atom. The molecule has 10 heteroatoms. The summed E-state index contributed by atoms with van der Waals surface area (Å²) < 4.78 is 1.72. The van der Waals surface area contributed by atoms with E-state index in [-0.39, 0.29) is 46.6 Å². The van der Waals surface area contributed by atoms with E-state index >= 15 is 0 Å². The molecule has 4 N–H and O–H groups in total. The highest BCUT2D eigenvalue weighted by Crippen LogP contribution is 2.31. The van der Waals surface area contributed by atoms with Gasteiger partial charge in [0.1, 0.15) is 11.6 Å². The summed E-state index contributed by atoms with van der Waals surface area (Å²) in [5.74, 6) is -1.02. The van der Waals surface area contributed by atoms with Gasteiger partial charge in [0.25, 0.3) is 11.1 Å². The van der Waals surface area contributed by atoms with Crippen molar-refractivity contribution in [3.8, 4) is 17.8 Å². The highest BCUT2D eigenvalue weighted by atomic mass is 16.3. The van der Waals surface area contributed by atoms with Crippen molar-refractivity contribution in [2.24, 2.45) is 0 Å². The summed E-state index contributed by atoms with van der Waals surface area (Å²) in [5.41, 5.74) is 1.49. The van der Waals surface area contributed by atoms with E-state index < -0.39 is 36.1 Å². The number of nitrogens with zero attached hydrogens (tertiary/aromatic N) is 4. The van der Waals surface area contributed by atoms with E-state index in [2.05, 4.69) is 10.6 Å². The molecule has 0 aliphatic heterocycles. The lowest BCUT2D eigenvalue weighted by molar-refractivity contribution is 0.263. The van der Waals surface area contributed by atoms with E-state index in [4.69, 9.17) is 16.8 Å². The van der Waals surface area contributed by atoms with Crippen LogP contribution in [0.25, 0.3) is 17.0 Å². The maximum atomic E-state index is 12.7. The molecule has 160 valence electrons. The number of aromatic nitrogens is 2. The molecule has 31 heavy (non-hydrogen) atoms. The van der Waals surface area contributed by atoms with Crippen LogP contribution in [0.3, 0.4) is 0 Å². The van der Waals surface area contributed by atoms with Gasteiger partial charge in [-0.2, -0.15) is 5.26 Å². The first-order chi connectivity index (χ1) is 14.7. The minimum Gasteiger partial charge on any atom is -0.503 e. The number of rotatable bonds is 6. The Labute approximate surface area is 176 Å². The quantitative estimate of drug-likeness (QED) is 0.395. The molecule has 2 aromatic rings. The van der Waals surface area contributed by atoms with Gasteiger partial charge in [0.05, 0.1) is 32.9 Å². The largest absolute Gasteiger partial charge is 0.503 e. The van der Waals surface area contributed by atoms with E-state index in [1.54, 1.807) is 6.07 Å². The molecule has 0 saturated carbocycles. The summed E-state index contributed by atoms with van der Waals surface area (Å²) in [5, 5.41) is 48.1. The van der Waals surface area contributed by atoms with Crippen molar-refractivity contribution in [3.63, 3.8) is 0 Å². The molecule has 0 saturated heterocycles. The second kappa shape index (κ2) is 9.61. The van der Waals surface area contributed by atoms with Gasteiger partial charge in [0, 0.05) is 11.1 Å². The van der Waals surface area contributed by atoms with Gasteiger partial charge in [0.2, 0.25) is 11.6 Å². The molecule has 0 fully saturated rings. The fourth-order valence-corrected chi connectivity index (χ4v) is 3.10. The van der Waals surface area contributed by atoms with Gasteiger partial charge in [-0.1, -0.05) is 0 Å². The number of hydrogen-bond acceptors (Lipinski definition) is 7. The molecule has 2 rings (SSSR count). The molecule has 0 aliphatic rings. The predicted octanol–water partition coefficient (Wildman–Crippen LogP) is 0.771. The van der Waals surface area contributed by atoms with E-state index in [0.29, 0.717) is 0 Å². The molecular weight excluding hydrogens is 404 g/mol. The van der Waals surface area contributed by atoms with E-state index in [0.717, 1.165) is 9.13 Å². The van der Waals surface area contributed by atoms with Crippen molar-refractivity contribution in [3.05, 3.63) is 65.7 Å². The van der Waals surface area contributed by atoms with Crippen LogP contribution in [0, 0.1) is 31.8 Å². The third kappa shape index (κ3) is 4.13. The van der Waals surface area contributed by atoms with Crippen LogP contribution >= 0.6 is 0 Å². The van der Waals surface area contributed by atoms with Gasteiger partial charge in [0.15, 0.2) is 5.88 Å². The van der Waals surface area contributed by atoms with Crippen LogP contribution < -0.4 is 11.1 Å². The summed E-state index contributed by atoms with van der Waals surface area (Å²) in [6, 6.07) is 1.78. The number of aliphatic hydroxyl groups is 2. The van der Waals surface area contributed by atoms with E-state index in [9.17, 15) is 25.1 Å². The lowest BCUT2D eigenvalue weighted by atomic mass is 10.0. The highest BCUT2D eigenvalue weighted by molar-refractivity contribution is 5.70. The smallest absolute Gasteiger partial charge is 0.271 e. The van der Waals surface area contributed by atoms with E-state index in [1.165, 1.54) is 26.0 Å². The van der Waals surface area contributed by atoms with Crippen LogP contribution in [0.5, 0.6) is 11.8 Å². The van der Waals surface area contributed by atoms with Gasteiger partial charge >= 0.3 is 0 Å². The van der Waals surface area contributed by atoms with Crippen molar-refractivity contribution in [2.45, 2.75) is 26.9 Å². The molecule has 0 radical (unpaired) electrons. The average Bonchev–Trinajstić information content (AvgIpc) is 2.74. The molecule has 2 aromatic heterocycles. The fraction of sp³-hybridized carbons (Fsp3) is 0.286. The Morgan fingerprint density at radius 3 is 2.03 bits per heavy atom. The number of pyridine rings is 2. The Kier molecular flexibility index (Phi) is 7.19. The summed E-state index contributed by atoms with van der Waals surface area (Å²) in [6.07, 6.45) is 2.50.